The van der Waals surface area contributed by atoms with Crippen molar-refractivity contribution >= 4 is 53.9 Å². The van der Waals surface area contributed by atoms with Crippen molar-refractivity contribution in [3.05, 3.63) is 169 Å². The smallest absolute Gasteiger partial charge is 0.0159 e. The molecule has 0 heteroatoms. The largest absolute Gasteiger partial charge is 0.0616 e. The monoisotopic (exact) mass is 596 g/mol. The highest BCUT2D eigenvalue weighted by Crippen LogP contribution is 2.52. The molecular formula is C47H32. The first-order valence-electron chi connectivity index (χ1n) is 16.6. The fourth-order valence-corrected chi connectivity index (χ4v) is 8.40. The summed E-state index contributed by atoms with van der Waals surface area (Å²) in [4.78, 5) is 0. The van der Waals surface area contributed by atoms with Gasteiger partial charge in [0.05, 0.1) is 0 Å². The molecule has 0 fully saturated rings. The highest BCUT2D eigenvalue weighted by Gasteiger charge is 2.36. The molecule has 10 rings (SSSR count). The van der Waals surface area contributed by atoms with Crippen LogP contribution in [0.4, 0.5) is 0 Å². The molecule has 0 saturated carbocycles. The van der Waals surface area contributed by atoms with Crippen LogP contribution in [0.15, 0.2) is 158 Å². The predicted octanol–water partition coefficient (Wildman–Crippen LogP) is 13.1. The molecule has 1 aliphatic carbocycles. The Morgan fingerprint density at radius 3 is 1.85 bits per heavy atom. The van der Waals surface area contributed by atoms with Crippen LogP contribution in [0.5, 0.6) is 0 Å². The van der Waals surface area contributed by atoms with Gasteiger partial charge in [0, 0.05) is 5.41 Å². The van der Waals surface area contributed by atoms with E-state index in [2.05, 4.69) is 172 Å². The van der Waals surface area contributed by atoms with Gasteiger partial charge in [-0.3, -0.25) is 0 Å². The van der Waals surface area contributed by atoms with Gasteiger partial charge in [0.1, 0.15) is 0 Å². The fraction of sp³-hybridized carbons (Fsp3) is 0.0638. The minimum atomic E-state index is -0.140. The first-order valence-corrected chi connectivity index (χ1v) is 16.6. The van der Waals surface area contributed by atoms with Crippen LogP contribution in [0.3, 0.4) is 0 Å². The van der Waals surface area contributed by atoms with Crippen molar-refractivity contribution in [3.63, 3.8) is 0 Å². The molecule has 0 amide bonds. The van der Waals surface area contributed by atoms with Crippen molar-refractivity contribution in [1.29, 1.82) is 0 Å². The number of hydrogen-bond donors (Lipinski definition) is 0. The summed E-state index contributed by atoms with van der Waals surface area (Å²) >= 11 is 0. The van der Waals surface area contributed by atoms with E-state index in [4.69, 9.17) is 0 Å². The van der Waals surface area contributed by atoms with Crippen LogP contribution < -0.4 is 0 Å². The molecule has 0 bridgehead atoms. The lowest BCUT2D eigenvalue weighted by Gasteiger charge is -2.23. The summed E-state index contributed by atoms with van der Waals surface area (Å²) in [5, 5.41) is 12.9. The number of rotatable bonds is 2. The van der Waals surface area contributed by atoms with Gasteiger partial charge in [0.15, 0.2) is 0 Å². The molecule has 9 aromatic rings. The van der Waals surface area contributed by atoms with Crippen molar-refractivity contribution in [1.82, 2.24) is 0 Å². The zero-order valence-electron chi connectivity index (χ0n) is 26.5. The molecule has 0 aromatic heterocycles. The molecule has 0 radical (unpaired) electrons. The average Bonchev–Trinajstić information content (AvgIpc) is 3.33. The standard InChI is InChI=1S/C47H32/c1-47(2)44-27-35(46-38-16-8-6-13-32(38)25-42-36-15-7-5-11-30(36)20-23-40(42)46)21-22-39(44)43-26-33-14-9-17-37(41(33)28-45(43)47)34-19-18-29-10-3-4-12-31(29)24-34/h3-28H,1-2H3. The molecule has 0 N–H and O–H groups in total. The SMILES string of the molecule is CC1(C)c2cc(-c3c4ccccc4cc4c3ccc3ccccc34)ccc2-c2cc3cccc(-c4ccc5ccccc5c4)c3cc21. The molecule has 9 aromatic carbocycles. The Bertz CT molecular complexity index is 2760. The summed E-state index contributed by atoms with van der Waals surface area (Å²) in [6.07, 6.45) is 0. The third kappa shape index (κ3) is 3.82. The normalized spacial score (nSPS) is 13.5. The predicted molar refractivity (Wildman–Crippen MR) is 202 cm³/mol. The quantitative estimate of drug-likeness (QED) is 0.138. The average molecular weight is 597 g/mol. The van der Waals surface area contributed by atoms with Gasteiger partial charge in [-0.25, -0.2) is 0 Å². The molecule has 1 aliphatic rings. The van der Waals surface area contributed by atoms with Crippen LogP contribution in [-0.4, -0.2) is 0 Å². The van der Waals surface area contributed by atoms with E-state index in [1.807, 2.05) is 0 Å². The third-order valence-corrected chi connectivity index (χ3v) is 10.8. The van der Waals surface area contributed by atoms with Gasteiger partial charge >= 0.3 is 0 Å². The second-order valence-electron chi connectivity index (χ2n) is 13.7. The maximum Gasteiger partial charge on any atom is 0.0159 e. The number of hydrogen-bond acceptors (Lipinski definition) is 0. The van der Waals surface area contributed by atoms with Crippen LogP contribution >= 0.6 is 0 Å². The Morgan fingerprint density at radius 2 is 0.979 bits per heavy atom. The van der Waals surface area contributed by atoms with Crippen molar-refractivity contribution < 1.29 is 0 Å². The van der Waals surface area contributed by atoms with E-state index in [0.29, 0.717) is 0 Å². The summed E-state index contributed by atoms with van der Waals surface area (Å²) < 4.78 is 0. The molecule has 0 spiro atoms. The van der Waals surface area contributed by atoms with Crippen molar-refractivity contribution in [2.75, 3.05) is 0 Å². The Kier molecular flexibility index (Phi) is 5.44. The molecule has 47 heavy (non-hydrogen) atoms. The Balaban J connectivity index is 1.18. The second kappa shape index (κ2) is 9.64. The van der Waals surface area contributed by atoms with Crippen LogP contribution in [0, 0.1) is 0 Å². The van der Waals surface area contributed by atoms with Crippen molar-refractivity contribution in [2.24, 2.45) is 0 Å². The Labute approximate surface area is 274 Å². The van der Waals surface area contributed by atoms with Gasteiger partial charge in [-0.15, -0.1) is 0 Å². The molecule has 0 atom stereocenters. The van der Waals surface area contributed by atoms with E-state index < -0.39 is 0 Å². The molecule has 0 saturated heterocycles. The molecule has 220 valence electrons. The number of fused-ring (bicyclic) bond motifs is 9. The minimum absolute atomic E-state index is 0.140. The maximum atomic E-state index is 2.49. The van der Waals surface area contributed by atoms with E-state index in [0.717, 1.165) is 0 Å². The molecule has 0 aliphatic heterocycles. The first-order chi connectivity index (χ1) is 23.0. The summed E-state index contributed by atoms with van der Waals surface area (Å²) in [5.74, 6) is 0. The van der Waals surface area contributed by atoms with Crippen LogP contribution in [0.25, 0.3) is 87.2 Å². The fourth-order valence-electron chi connectivity index (χ4n) is 8.40. The zero-order valence-corrected chi connectivity index (χ0v) is 26.5. The van der Waals surface area contributed by atoms with Crippen LogP contribution in [-0.2, 0) is 5.41 Å². The van der Waals surface area contributed by atoms with E-state index in [1.165, 1.54) is 98.4 Å². The van der Waals surface area contributed by atoms with Crippen LogP contribution in [0.1, 0.15) is 25.0 Å². The lowest BCUT2D eigenvalue weighted by atomic mass is 9.80. The molecule has 0 nitrogen and oxygen atoms in total. The van der Waals surface area contributed by atoms with Gasteiger partial charge in [0.25, 0.3) is 0 Å². The van der Waals surface area contributed by atoms with Crippen molar-refractivity contribution in [2.45, 2.75) is 19.3 Å². The highest BCUT2D eigenvalue weighted by atomic mass is 14.4. The van der Waals surface area contributed by atoms with Gasteiger partial charge in [-0.1, -0.05) is 141 Å². The Hall–Kier alpha value is -5.72. The summed E-state index contributed by atoms with van der Waals surface area (Å²) in [7, 11) is 0. The topological polar surface area (TPSA) is 0 Å². The lowest BCUT2D eigenvalue weighted by molar-refractivity contribution is 0.661. The lowest BCUT2D eigenvalue weighted by Crippen LogP contribution is -2.15. The second-order valence-corrected chi connectivity index (χ2v) is 13.7. The van der Waals surface area contributed by atoms with E-state index in [9.17, 15) is 0 Å². The maximum absolute atomic E-state index is 2.49. The van der Waals surface area contributed by atoms with Crippen LogP contribution in [0.2, 0.25) is 0 Å². The first kappa shape index (κ1) is 26.5. The van der Waals surface area contributed by atoms with Gasteiger partial charge in [-0.2, -0.15) is 0 Å². The van der Waals surface area contributed by atoms with Gasteiger partial charge < -0.3 is 0 Å². The highest BCUT2D eigenvalue weighted by molar-refractivity contribution is 6.20. The van der Waals surface area contributed by atoms with E-state index >= 15 is 0 Å². The van der Waals surface area contributed by atoms with Crippen molar-refractivity contribution in [3.8, 4) is 33.4 Å². The minimum Gasteiger partial charge on any atom is -0.0616 e. The van der Waals surface area contributed by atoms with E-state index in [1.54, 1.807) is 0 Å². The molecular weight excluding hydrogens is 565 g/mol. The van der Waals surface area contributed by atoms with E-state index in [-0.39, 0.29) is 5.41 Å². The molecule has 0 heterocycles. The van der Waals surface area contributed by atoms with Gasteiger partial charge in [0.2, 0.25) is 0 Å². The third-order valence-electron chi connectivity index (χ3n) is 10.8. The summed E-state index contributed by atoms with van der Waals surface area (Å²) in [6.45, 7) is 4.81. The molecule has 0 unspecified atom stereocenters. The van der Waals surface area contributed by atoms with Gasteiger partial charge in [-0.05, 0) is 129 Å². The summed E-state index contributed by atoms with van der Waals surface area (Å²) in [5.41, 5.74) is 10.5. The Morgan fingerprint density at radius 1 is 0.319 bits per heavy atom. The number of benzene rings is 9. The summed E-state index contributed by atoms with van der Waals surface area (Å²) in [6, 6.07) is 59.0. The zero-order chi connectivity index (χ0) is 31.3.